The van der Waals surface area contributed by atoms with Gasteiger partial charge in [-0.15, -0.1) is 0 Å². The number of rotatable bonds is 3. The van der Waals surface area contributed by atoms with E-state index in [4.69, 9.17) is 4.74 Å². The highest BCUT2D eigenvalue weighted by Gasteiger charge is 2.19. The molecule has 1 saturated heterocycles. The second kappa shape index (κ2) is 6.52. The summed E-state index contributed by atoms with van der Waals surface area (Å²) in [6, 6.07) is 4.22. The lowest BCUT2D eigenvalue weighted by molar-refractivity contribution is -0.118. The molecule has 0 bridgehead atoms. The van der Waals surface area contributed by atoms with Crippen molar-refractivity contribution in [3.63, 3.8) is 0 Å². The average molecular weight is 266 g/mol. The fraction of sp³-hybridized carbons (Fsp3) is 0.500. The van der Waals surface area contributed by atoms with Gasteiger partial charge in [-0.25, -0.2) is 4.39 Å². The van der Waals surface area contributed by atoms with E-state index in [0.717, 1.165) is 32.2 Å². The third-order valence-electron chi connectivity index (χ3n) is 3.30. The first kappa shape index (κ1) is 13.8. The first-order valence-corrected chi connectivity index (χ1v) is 6.58. The second-order valence-corrected chi connectivity index (χ2v) is 4.69. The van der Waals surface area contributed by atoms with Gasteiger partial charge in [-0.05, 0) is 31.5 Å². The average Bonchev–Trinajstić information content (AvgIpc) is 2.68. The minimum Gasteiger partial charge on any atom is -0.494 e. The smallest absolute Gasteiger partial charge is 0.241 e. The maximum atomic E-state index is 13.5. The zero-order chi connectivity index (χ0) is 13.7. The van der Waals surface area contributed by atoms with E-state index < -0.39 is 5.82 Å². The quantitative estimate of drug-likeness (QED) is 0.882. The minimum absolute atomic E-state index is 0.105. The summed E-state index contributed by atoms with van der Waals surface area (Å²) in [5.74, 6) is -0.411. The van der Waals surface area contributed by atoms with Gasteiger partial charge >= 0.3 is 0 Å². The van der Waals surface area contributed by atoms with Gasteiger partial charge in [-0.2, -0.15) is 0 Å². The van der Waals surface area contributed by atoms with Crippen LogP contribution in [-0.2, 0) is 4.79 Å². The van der Waals surface area contributed by atoms with E-state index in [1.807, 2.05) is 0 Å². The normalized spacial score (nSPS) is 19.6. The van der Waals surface area contributed by atoms with E-state index in [1.54, 1.807) is 6.07 Å². The Morgan fingerprint density at radius 2 is 2.26 bits per heavy atom. The molecule has 1 fully saturated rings. The molecule has 5 heteroatoms. The molecule has 2 rings (SSSR count). The molecule has 19 heavy (non-hydrogen) atoms. The van der Waals surface area contributed by atoms with E-state index in [0.29, 0.717) is 5.69 Å². The molecule has 0 aromatic heterocycles. The van der Waals surface area contributed by atoms with Gasteiger partial charge in [0, 0.05) is 11.8 Å². The summed E-state index contributed by atoms with van der Waals surface area (Å²) in [6.45, 7) is 0.856. The van der Waals surface area contributed by atoms with Crippen molar-refractivity contribution < 1.29 is 13.9 Å². The number of hydrogen-bond donors (Lipinski definition) is 2. The first-order valence-electron chi connectivity index (χ1n) is 6.58. The molecule has 4 nitrogen and oxygen atoms in total. The summed E-state index contributed by atoms with van der Waals surface area (Å²) in [5.41, 5.74) is 0.453. The molecule has 0 saturated carbocycles. The monoisotopic (exact) mass is 266 g/mol. The third kappa shape index (κ3) is 3.67. The molecular formula is C14H19FN2O2. The van der Waals surface area contributed by atoms with Crippen LogP contribution in [0.5, 0.6) is 5.75 Å². The largest absolute Gasteiger partial charge is 0.494 e. The highest BCUT2D eigenvalue weighted by atomic mass is 19.1. The Morgan fingerprint density at radius 3 is 3.00 bits per heavy atom. The number of methoxy groups -OCH3 is 1. The summed E-state index contributed by atoms with van der Waals surface area (Å²) >= 11 is 0. The molecule has 1 aliphatic rings. The lowest BCUT2D eigenvalue weighted by atomic mass is 10.1. The number of benzene rings is 1. The fourth-order valence-corrected chi connectivity index (χ4v) is 2.23. The molecule has 2 N–H and O–H groups in total. The molecule has 104 valence electrons. The molecule has 1 aromatic carbocycles. The number of ether oxygens (including phenoxy) is 1. The number of amides is 1. The Morgan fingerprint density at radius 1 is 1.42 bits per heavy atom. The summed E-state index contributed by atoms with van der Waals surface area (Å²) in [7, 11) is 1.41. The number of halogens is 1. The Balaban J connectivity index is 1.99. The number of nitrogens with one attached hydrogen (secondary N) is 2. The topological polar surface area (TPSA) is 50.4 Å². The van der Waals surface area contributed by atoms with Crippen molar-refractivity contribution in [2.45, 2.75) is 31.7 Å². The van der Waals surface area contributed by atoms with Crippen molar-refractivity contribution >= 4 is 11.6 Å². The molecule has 1 heterocycles. The van der Waals surface area contributed by atoms with E-state index in [-0.39, 0.29) is 17.7 Å². The van der Waals surface area contributed by atoms with Crippen molar-refractivity contribution in [1.29, 1.82) is 0 Å². The Labute approximate surface area is 112 Å². The zero-order valence-electron chi connectivity index (χ0n) is 11.0. The molecule has 0 aliphatic carbocycles. The molecule has 1 atom stereocenters. The van der Waals surface area contributed by atoms with E-state index >= 15 is 0 Å². The zero-order valence-corrected chi connectivity index (χ0v) is 11.0. The van der Waals surface area contributed by atoms with Crippen LogP contribution in [0.2, 0.25) is 0 Å². The highest BCUT2D eigenvalue weighted by Crippen LogP contribution is 2.21. The number of hydrogen-bond acceptors (Lipinski definition) is 3. The SMILES string of the molecule is COc1ccc(NC(=O)C2CCCCCN2)cc1F. The lowest BCUT2D eigenvalue weighted by Crippen LogP contribution is -2.39. The summed E-state index contributed by atoms with van der Waals surface area (Å²) in [6.07, 6.45) is 4.11. The maximum absolute atomic E-state index is 13.5. The first-order chi connectivity index (χ1) is 9.20. The molecular weight excluding hydrogens is 247 g/mol. The van der Waals surface area contributed by atoms with Crippen LogP contribution in [0.15, 0.2) is 18.2 Å². The summed E-state index contributed by atoms with van der Waals surface area (Å²) in [4.78, 5) is 12.1. The second-order valence-electron chi connectivity index (χ2n) is 4.69. The van der Waals surface area contributed by atoms with Crippen LogP contribution in [0.4, 0.5) is 10.1 Å². The van der Waals surface area contributed by atoms with E-state index in [9.17, 15) is 9.18 Å². The van der Waals surface area contributed by atoms with Gasteiger partial charge < -0.3 is 15.4 Å². The molecule has 1 aliphatic heterocycles. The van der Waals surface area contributed by atoms with Crippen LogP contribution in [-0.4, -0.2) is 25.6 Å². The Bertz CT molecular complexity index is 443. The number of anilines is 1. The van der Waals surface area contributed by atoms with Gasteiger partial charge in [-0.1, -0.05) is 12.8 Å². The van der Waals surface area contributed by atoms with Gasteiger partial charge in [0.25, 0.3) is 0 Å². The van der Waals surface area contributed by atoms with Gasteiger partial charge in [0.1, 0.15) is 0 Å². The van der Waals surface area contributed by atoms with Gasteiger partial charge in [-0.3, -0.25) is 4.79 Å². The predicted octanol–water partition coefficient (Wildman–Crippen LogP) is 2.30. The summed E-state index contributed by atoms with van der Waals surface area (Å²) in [5, 5.41) is 5.94. The van der Waals surface area contributed by atoms with Crippen LogP contribution in [0.1, 0.15) is 25.7 Å². The van der Waals surface area contributed by atoms with Gasteiger partial charge in [0.05, 0.1) is 13.2 Å². The summed E-state index contributed by atoms with van der Waals surface area (Å²) < 4.78 is 18.4. The predicted molar refractivity (Wildman–Crippen MR) is 71.8 cm³/mol. The van der Waals surface area contributed by atoms with Crippen LogP contribution in [0.25, 0.3) is 0 Å². The van der Waals surface area contributed by atoms with Gasteiger partial charge in [0.15, 0.2) is 11.6 Å². The molecule has 0 spiro atoms. The fourth-order valence-electron chi connectivity index (χ4n) is 2.23. The minimum atomic E-state index is -0.478. The van der Waals surface area contributed by atoms with Crippen LogP contribution in [0, 0.1) is 5.82 Å². The Hall–Kier alpha value is -1.62. The maximum Gasteiger partial charge on any atom is 0.241 e. The standard InChI is InChI=1S/C14H19FN2O2/c1-19-13-7-6-10(9-11(13)15)17-14(18)12-5-3-2-4-8-16-12/h6-7,9,12,16H,2-5,8H2,1H3,(H,17,18). The molecule has 1 aromatic rings. The van der Waals surface area contributed by atoms with E-state index in [2.05, 4.69) is 10.6 Å². The molecule has 1 amide bonds. The molecule has 1 unspecified atom stereocenters. The van der Waals surface area contributed by atoms with Crippen molar-refractivity contribution in [2.24, 2.45) is 0 Å². The van der Waals surface area contributed by atoms with Crippen molar-refractivity contribution in [3.8, 4) is 5.75 Å². The highest BCUT2D eigenvalue weighted by molar-refractivity contribution is 5.94. The third-order valence-corrected chi connectivity index (χ3v) is 3.30. The van der Waals surface area contributed by atoms with Crippen LogP contribution >= 0.6 is 0 Å². The molecule has 0 radical (unpaired) electrons. The van der Waals surface area contributed by atoms with Crippen LogP contribution in [0.3, 0.4) is 0 Å². The van der Waals surface area contributed by atoms with E-state index in [1.165, 1.54) is 19.2 Å². The number of carbonyl (C=O) groups excluding carboxylic acids is 1. The van der Waals surface area contributed by atoms with Crippen molar-refractivity contribution in [3.05, 3.63) is 24.0 Å². The van der Waals surface area contributed by atoms with Crippen molar-refractivity contribution in [2.75, 3.05) is 19.0 Å². The van der Waals surface area contributed by atoms with Crippen LogP contribution < -0.4 is 15.4 Å². The number of carbonyl (C=O) groups is 1. The van der Waals surface area contributed by atoms with Gasteiger partial charge in [0.2, 0.25) is 5.91 Å². The lowest BCUT2D eigenvalue weighted by Gasteiger charge is -2.15. The Kier molecular flexibility index (Phi) is 4.74. The van der Waals surface area contributed by atoms with Crippen molar-refractivity contribution in [1.82, 2.24) is 5.32 Å².